The molecule has 0 aliphatic carbocycles. The zero-order valence-electron chi connectivity index (χ0n) is 16.8. The van der Waals surface area contributed by atoms with E-state index >= 15 is 0 Å². The minimum Gasteiger partial charge on any atom is -0.355 e. The first-order chi connectivity index (χ1) is 14.3. The average Bonchev–Trinajstić information content (AvgIpc) is 3.11. The Labute approximate surface area is 182 Å². The number of aromatic nitrogens is 1. The van der Waals surface area contributed by atoms with E-state index in [1.54, 1.807) is 24.3 Å². The van der Waals surface area contributed by atoms with Crippen LogP contribution in [0.15, 0.2) is 77.7 Å². The summed E-state index contributed by atoms with van der Waals surface area (Å²) in [7, 11) is -3.63. The highest BCUT2D eigenvalue weighted by atomic mass is 35.5. The summed E-state index contributed by atoms with van der Waals surface area (Å²) < 4.78 is 28.1. The van der Waals surface area contributed by atoms with Crippen LogP contribution in [0.5, 0.6) is 0 Å². The topological polar surface area (TPSA) is 62.0 Å². The van der Waals surface area contributed by atoms with Gasteiger partial charge in [0.1, 0.15) is 0 Å². The Hall–Kier alpha value is -2.76. The van der Waals surface area contributed by atoms with Crippen molar-refractivity contribution in [3.8, 4) is 11.3 Å². The fourth-order valence-electron chi connectivity index (χ4n) is 3.47. The van der Waals surface area contributed by atoms with Crippen molar-refractivity contribution >= 4 is 38.2 Å². The van der Waals surface area contributed by atoms with E-state index in [9.17, 15) is 8.42 Å². The predicted octanol–water partition coefficient (Wildman–Crippen LogP) is 6.49. The van der Waals surface area contributed by atoms with Crippen LogP contribution in [0, 0.1) is 5.92 Å². The number of halogens is 1. The SMILES string of the molecule is CC(C)Cc1ccc(S(=O)(=O)Nc2ccc(-c3cc4cc(Cl)ccc4[nH]3)cc2)cc1. The van der Waals surface area contributed by atoms with Crippen molar-refractivity contribution in [3.05, 3.63) is 83.4 Å². The zero-order chi connectivity index (χ0) is 21.3. The molecule has 1 aromatic heterocycles. The van der Waals surface area contributed by atoms with Crippen molar-refractivity contribution in [2.24, 2.45) is 5.92 Å². The first kappa shape index (κ1) is 20.5. The molecule has 30 heavy (non-hydrogen) atoms. The Kier molecular flexibility index (Phi) is 5.58. The summed E-state index contributed by atoms with van der Waals surface area (Å²) in [6.45, 7) is 4.28. The number of anilines is 1. The van der Waals surface area contributed by atoms with E-state index in [4.69, 9.17) is 11.6 Å². The van der Waals surface area contributed by atoms with Gasteiger partial charge in [-0.25, -0.2) is 8.42 Å². The lowest BCUT2D eigenvalue weighted by Gasteiger charge is -2.10. The summed E-state index contributed by atoms with van der Waals surface area (Å²) >= 11 is 6.06. The largest absolute Gasteiger partial charge is 0.355 e. The second kappa shape index (κ2) is 8.17. The summed E-state index contributed by atoms with van der Waals surface area (Å²) in [6.07, 6.45) is 0.926. The number of hydrogen-bond acceptors (Lipinski definition) is 2. The molecular formula is C24H23ClN2O2S. The second-order valence-corrected chi connectivity index (χ2v) is 9.96. The normalized spacial score (nSPS) is 11.9. The molecule has 1 heterocycles. The number of H-pyrrole nitrogens is 1. The van der Waals surface area contributed by atoms with Gasteiger partial charge in [0.25, 0.3) is 10.0 Å². The predicted molar refractivity (Wildman–Crippen MR) is 125 cm³/mol. The Morgan fingerprint density at radius 2 is 1.63 bits per heavy atom. The Morgan fingerprint density at radius 1 is 0.933 bits per heavy atom. The first-order valence-electron chi connectivity index (χ1n) is 9.81. The molecule has 0 unspecified atom stereocenters. The van der Waals surface area contributed by atoms with Gasteiger partial charge in [-0.1, -0.05) is 49.7 Å². The molecule has 0 amide bonds. The molecule has 0 atom stereocenters. The van der Waals surface area contributed by atoms with Gasteiger partial charge in [0.2, 0.25) is 0 Å². The van der Waals surface area contributed by atoms with E-state index in [1.807, 2.05) is 48.5 Å². The molecule has 4 nitrogen and oxygen atoms in total. The monoisotopic (exact) mass is 438 g/mol. The van der Waals surface area contributed by atoms with Crippen LogP contribution in [0.4, 0.5) is 5.69 Å². The number of fused-ring (bicyclic) bond motifs is 1. The molecule has 0 aliphatic rings. The standard InChI is InChI=1S/C24H23ClN2O2S/c1-16(2)13-17-3-10-22(11-4-17)30(28,29)27-21-8-5-18(6-9-21)24-15-19-14-20(25)7-12-23(19)26-24/h3-12,14-16,26-27H,13H2,1-2H3. The van der Waals surface area contributed by atoms with Gasteiger partial charge in [0.05, 0.1) is 4.90 Å². The van der Waals surface area contributed by atoms with Crippen LogP contribution >= 0.6 is 11.6 Å². The molecule has 154 valence electrons. The highest BCUT2D eigenvalue weighted by molar-refractivity contribution is 7.92. The zero-order valence-corrected chi connectivity index (χ0v) is 18.4. The summed E-state index contributed by atoms with van der Waals surface area (Å²) in [6, 6.07) is 22.1. The van der Waals surface area contributed by atoms with Crippen molar-refractivity contribution in [2.75, 3.05) is 4.72 Å². The number of nitrogens with one attached hydrogen (secondary N) is 2. The molecule has 0 aliphatic heterocycles. The van der Waals surface area contributed by atoms with E-state index in [1.165, 1.54) is 0 Å². The van der Waals surface area contributed by atoms with Gasteiger partial charge in [0, 0.05) is 27.3 Å². The van der Waals surface area contributed by atoms with Gasteiger partial charge < -0.3 is 4.98 Å². The van der Waals surface area contributed by atoms with E-state index in [0.717, 1.165) is 34.1 Å². The van der Waals surface area contributed by atoms with Crippen molar-refractivity contribution in [1.29, 1.82) is 0 Å². The van der Waals surface area contributed by atoms with Crippen molar-refractivity contribution in [3.63, 3.8) is 0 Å². The van der Waals surface area contributed by atoms with E-state index in [0.29, 0.717) is 16.6 Å². The summed E-state index contributed by atoms with van der Waals surface area (Å²) in [5, 5.41) is 1.72. The van der Waals surface area contributed by atoms with Crippen LogP contribution in [0.2, 0.25) is 5.02 Å². The van der Waals surface area contributed by atoms with Gasteiger partial charge in [-0.3, -0.25) is 4.72 Å². The molecule has 3 aromatic carbocycles. The molecule has 4 rings (SSSR count). The summed E-state index contributed by atoms with van der Waals surface area (Å²) in [5.74, 6) is 0.526. The van der Waals surface area contributed by atoms with Crippen molar-refractivity contribution in [2.45, 2.75) is 25.2 Å². The lowest BCUT2D eigenvalue weighted by Crippen LogP contribution is -2.13. The van der Waals surface area contributed by atoms with Crippen LogP contribution in [0.3, 0.4) is 0 Å². The van der Waals surface area contributed by atoms with Crippen LogP contribution in [0.1, 0.15) is 19.4 Å². The maximum atomic E-state index is 12.7. The fourth-order valence-corrected chi connectivity index (χ4v) is 4.71. The van der Waals surface area contributed by atoms with Crippen LogP contribution in [-0.4, -0.2) is 13.4 Å². The highest BCUT2D eigenvalue weighted by Gasteiger charge is 2.14. The van der Waals surface area contributed by atoms with Crippen molar-refractivity contribution < 1.29 is 8.42 Å². The maximum Gasteiger partial charge on any atom is 0.261 e. The number of hydrogen-bond donors (Lipinski definition) is 2. The fraction of sp³-hybridized carbons (Fsp3) is 0.167. The third kappa shape index (κ3) is 4.53. The number of rotatable bonds is 6. The molecule has 6 heteroatoms. The molecule has 0 fully saturated rings. The second-order valence-electron chi connectivity index (χ2n) is 7.84. The third-order valence-electron chi connectivity index (χ3n) is 4.91. The third-order valence-corrected chi connectivity index (χ3v) is 6.54. The van der Waals surface area contributed by atoms with Crippen molar-refractivity contribution in [1.82, 2.24) is 4.98 Å². The smallest absolute Gasteiger partial charge is 0.261 e. The van der Waals surface area contributed by atoms with Crippen LogP contribution in [-0.2, 0) is 16.4 Å². The molecule has 0 saturated heterocycles. The van der Waals surface area contributed by atoms with E-state index in [2.05, 4.69) is 23.6 Å². The highest BCUT2D eigenvalue weighted by Crippen LogP contribution is 2.27. The molecule has 2 N–H and O–H groups in total. The molecule has 0 spiro atoms. The molecule has 0 saturated carbocycles. The molecular weight excluding hydrogens is 416 g/mol. The summed E-state index contributed by atoms with van der Waals surface area (Å²) in [4.78, 5) is 3.61. The average molecular weight is 439 g/mol. The number of aromatic amines is 1. The summed E-state index contributed by atoms with van der Waals surface area (Å²) in [5.41, 5.74) is 4.56. The van der Waals surface area contributed by atoms with E-state index < -0.39 is 10.0 Å². The molecule has 4 aromatic rings. The maximum absolute atomic E-state index is 12.7. The Bertz CT molecular complexity index is 1280. The number of sulfonamides is 1. The minimum atomic E-state index is -3.63. The lowest BCUT2D eigenvalue weighted by atomic mass is 10.0. The quantitative estimate of drug-likeness (QED) is 0.361. The first-order valence-corrected chi connectivity index (χ1v) is 11.7. The van der Waals surface area contributed by atoms with Gasteiger partial charge >= 0.3 is 0 Å². The molecule has 0 radical (unpaired) electrons. The van der Waals surface area contributed by atoms with Gasteiger partial charge in [-0.15, -0.1) is 0 Å². The van der Waals surface area contributed by atoms with Gasteiger partial charge in [-0.2, -0.15) is 0 Å². The van der Waals surface area contributed by atoms with Gasteiger partial charge in [0.15, 0.2) is 0 Å². The Morgan fingerprint density at radius 3 is 2.30 bits per heavy atom. The van der Waals surface area contributed by atoms with E-state index in [-0.39, 0.29) is 4.90 Å². The lowest BCUT2D eigenvalue weighted by molar-refractivity contribution is 0.601. The van der Waals surface area contributed by atoms with Crippen LogP contribution in [0.25, 0.3) is 22.2 Å². The molecule has 0 bridgehead atoms. The number of benzene rings is 3. The van der Waals surface area contributed by atoms with Crippen LogP contribution < -0.4 is 4.72 Å². The van der Waals surface area contributed by atoms with Gasteiger partial charge in [-0.05, 0) is 72.0 Å². The minimum absolute atomic E-state index is 0.256. The Balaban J connectivity index is 1.52.